The van der Waals surface area contributed by atoms with E-state index in [1.807, 2.05) is 31.5 Å². The SMILES string of the molecule is COCCN(Cc1cccs1)C(=O)NC(C)c1nncn1C. The van der Waals surface area contributed by atoms with Crippen molar-refractivity contribution >= 4 is 17.4 Å². The van der Waals surface area contributed by atoms with E-state index in [1.54, 1.807) is 34.2 Å². The zero-order valence-electron chi connectivity index (χ0n) is 13.0. The summed E-state index contributed by atoms with van der Waals surface area (Å²) in [6, 6.07) is 3.65. The Labute approximate surface area is 133 Å². The lowest BCUT2D eigenvalue weighted by Gasteiger charge is -2.24. The van der Waals surface area contributed by atoms with Gasteiger partial charge in [-0.2, -0.15) is 0 Å². The first-order chi connectivity index (χ1) is 10.6. The van der Waals surface area contributed by atoms with Crippen LogP contribution in [0.15, 0.2) is 23.8 Å². The van der Waals surface area contributed by atoms with Gasteiger partial charge in [-0.1, -0.05) is 6.07 Å². The van der Waals surface area contributed by atoms with Gasteiger partial charge in [0.05, 0.1) is 19.2 Å². The van der Waals surface area contributed by atoms with Crippen LogP contribution in [0, 0.1) is 0 Å². The number of aromatic nitrogens is 3. The summed E-state index contributed by atoms with van der Waals surface area (Å²) in [5, 5.41) is 12.8. The zero-order valence-corrected chi connectivity index (χ0v) is 13.8. The number of hydrogen-bond acceptors (Lipinski definition) is 5. The molecule has 0 saturated heterocycles. The Bertz CT molecular complexity index is 584. The van der Waals surface area contributed by atoms with Gasteiger partial charge in [-0.05, 0) is 18.4 Å². The van der Waals surface area contributed by atoms with Gasteiger partial charge in [-0.25, -0.2) is 4.79 Å². The number of ether oxygens (including phenoxy) is 1. The third-order valence-corrected chi connectivity index (χ3v) is 4.11. The van der Waals surface area contributed by atoms with E-state index in [0.717, 1.165) is 10.7 Å². The molecule has 0 saturated carbocycles. The monoisotopic (exact) mass is 323 g/mol. The molecular weight excluding hydrogens is 302 g/mol. The smallest absolute Gasteiger partial charge is 0.318 e. The van der Waals surface area contributed by atoms with E-state index in [1.165, 1.54) is 0 Å². The number of hydrogen-bond donors (Lipinski definition) is 1. The fourth-order valence-electron chi connectivity index (χ4n) is 2.07. The summed E-state index contributed by atoms with van der Waals surface area (Å²) in [7, 11) is 3.48. The number of rotatable bonds is 7. The van der Waals surface area contributed by atoms with Crippen molar-refractivity contribution in [2.45, 2.75) is 19.5 Å². The van der Waals surface area contributed by atoms with Crippen LogP contribution in [0.25, 0.3) is 0 Å². The number of thiophene rings is 1. The fourth-order valence-corrected chi connectivity index (χ4v) is 2.79. The molecule has 8 heteroatoms. The standard InChI is InChI=1S/C14H21N5O2S/c1-11(13-17-15-10-18(13)2)16-14(20)19(6-7-21-3)9-12-5-4-8-22-12/h4-5,8,10-11H,6-7,9H2,1-3H3,(H,16,20). The number of nitrogens with zero attached hydrogens (tertiary/aromatic N) is 4. The molecule has 120 valence electrons. The molecule has 1 N–H and O–H groups in total. The lowest BCUT2D eigenvalue weighted by molar-refractivity contribution is 0.145. The summed E-state index contributed by atoms with van der Waals surface area (Å²) < 4.78 is 6.89. The minimum Gasteiger partial charge on any atom is -0.383 e. The van der Waals surface area contributed by atoms with Crippen LogP contribution in [0.1, 0.15) is 23.7 Å². The molecule has 1 atom stereocenters. The van der Waals surface area contributed by atoms with E-state index in [9.17, 15) is 4.79 Å². The minimum absolute atomic E-state index is 0.138. The fraction of sp³-hybridized carbons (Fsp3) is 0.500. The summed E-state index contributed by atoms with van der Waals surface area (Å²) >= 11 is 1.63. The molecule has 0 radical (unpaired) electrons. The maximum absolute atomic E-state index is 12.5. The lowest BCUT2D eigenvalue weighted by atomic mass is 10.3. The third kappa shape index (κ3) is 4.28. The van der Waals surface area contributed by atoms with Crippen LogP contribution in [0.2, 0.25) is 0 Å². The number of nitrogens with one attached hydrogen (secondary N) is 1. The Morgan fingerprint density at radius 1 is 1.59 bits per heavy atom. The maximum atomic E-state index is 12.5. The van der Waals surface area contributed by atoms with E-state index in [4.69, 9.17) is 4.74 Å². The Kier molecular flexibility index (Phi) is 5.91. The van der Waals surface area contributed by atoms with Crippen molar-refractivity contribution in [1.29, 1.82) is 0 Å². The van der Waals surface area contributed by atoms with Gasteiger partial charge in [0.25, 0.3) is 0 Å². The Morgan fingerprint density at radius 2 is 2.41 bits per heavy atom. The summed E-state index contributed by atoms with van der Waals surface area (Å²) in [6.07, 6.45) is 1.62. The van der Waals surface area contributed by atoms with Crippen molar-refractivity contribution in [2.75, 3.05) is 20.3 Å². The van der Waals surface area contributed by atoms with Crippen molar-refractivity contribution in [3.8, 4) is 0 Å². The molecule has 0 aliphatic heterocycles. The van der Waals surface area contributed by atoms with Gasteiger partial charge < -0.3 is 19.5 Å². The number of aryl methyl sites for hydroxylation is 1. The molecule has 2 rings (SSSR count). The molecule has 0 aliphatic rings. The molecule has 2 aromatic heterocycles. The van der Waals surface area contributed by atoms with Crippen molar-refractivity contribution in [2.24, 2.45) is 7.05 Å². The normalized spacial score (nSPS) is 12.1. The third-order valence-electron chi connectivity index (χ3n) is 3.25. The van der Waals surface area contributed by atoms with Crippen LogP contribution in [0.5, 0.6) is 0 Å². The van der Waals surface area contributed by atoms with Gasteiger partial charge in [0.1, 0.15) is 6.33 Å². The molecule has 2 amide bonds. The van der Waals surface area contributed by atoms with Gasteiger partial charge in [-0.3, -0.25) is 0 Å². The first-order valence-electron chi connectivity index (χ1n) is 7.02. The quantitative estimate of drug-likeness (QED) is 0.843. The molecule has 0 fully saturated rings. The average molecular weight is 323 g/mol. The Morgan fingerprint density at radius 3 is 3.00 bits per heavy atom. The minimum atomic E-state index is -0.214. The largest absolute Gasteiger partial charge is 0.383 e. The number of amides is 2. The highest BCUT2D eigenvalue weighted by Crippen LogP contribution is 2.13. The molecule has 1 unspecified atom stereocenters. The highest BCUT2D eigenvalue weighted by Gasteiger charge is 2.19. The van der Waals surface area contributed by atoms with E-state index in [-0.39, 0.29) is 12.1 Å². The molecule has 7 nitrogen and oxygen atoms in total. The van der Waals surface area contributed by atoms with Crippen molar-refractivity contribution in [3.05, 3.63) is 34.5 Å². The van der Waals surface area contributed by atoms with Crippen LogP contribution in [0.3, 0.4) is 0 Å². The topological polar surface area (TPSA) is 72.3 Å². The Balaban J connectivity index is 2.00. The molecule has 0 bridgehead atoms. The van der Waals surface area contributed by atoms with Gasteiger partial charge in [0.15, 0.2) is 5.82 Å². The van der Waals surface area contributed by atoms with Crippen LogP contribution >= 0.6 is 11.3 Å². The number of methoxy groups -OCH3 is 1. The second kappa shape index (κ2) is 7.90. The number of urea groups is 1. The summed E-state index contributed by atoms with van der Waals surface area (Å²) in [4.78, 5) is 15.4. The predicted molar refractivity (Wildman–Crippen MR) is 84.6 cm³/mol. The van der Waals surface area contributed by atoms with Crippen LogP contribution in [-0.4, -0.2) is 46.0 Å². The summed E-state index contributed by atoms with van der Waals surface area (Å²) in [5.74, 6) is 0.719. The van der Waals surface area contributed by atoms with Crippen molar-refractivity contribution < 1.29 is 9.53 Å². The van der Waals surface area contributed by atoms with E-state index in [2.05, 4.69) is 15.5 Å². The predicted octanol–water partition coefficient (Wildman–Crippen LogP) is 1.80. The molecule has 0 aliphatic carbocycles. The average Bonchev–Trinajstić information content (AvgIpc) is 3.14. The van der Waals surface area contributed by atoms with E-state index in [0.29, 0.717) is 19.7 Å². The van der Waals surface area contributed by atoms with Crippen LogP contribution in [0.4, 0.5) is 4.79 Å². The van der Waals surface area contributed by atoms with E-state index < -0.39 is 0 Å². The highest BCUT2D eigenvalue weighted by atomic mass is 32.1. The number of carbonyl (C=O) groups is 1. The molecular formula is C14H21N5O2S. The molecule has 0 aromatic carbocycles. The highest BCUT2D eigenvalue weighted by molar-refractivity contribution is 7.09. The van der Waals surface area contributed by atoms with Crippen LogP contribution < -0.4 is 5.32 Å². The summed E-state index contributed by atoms with van der Waals surface area (Å²) in [5.41, 5.74) is 0. The van der Waals surface area contributed by atoms with Gasteiger partial charge in [-0.15, -0.1) is 21.5 Å². The van der Waals surface area contributed by atoms with Crippen molar-refractivity contribution in [1.82, 2.24) is 25.0 Å². The number of carbonyl (C=O) groups excluding carboxylic acids is 1. The summed E-state index contributed by atoms with van der Waals surface area (Å²) in [6.45, 7) is 3.49. The van der Waals surface area contributed by atoms with Crippen molar-refractivity contribution in [3.63, 3.8) is 0 Å². The van der Waals surface area contributed by atoms with Crippen LogP contribution in [-0.2, 0) is 18.3 Å². The lowest BCUT2D eigenvalue weighted by Crippen LogP contribution is -2.42. The van der Waals surface area contributed by atoms with Gasteiger partial charge >= 0.3 is 6.03 Å². The molecule has 2 aromatic rings. The second-order valence-electron chi connectivity index (χ2n) is 4.96. The van der Waals surface area contributed by atoms with Gasteiger partial charge in [0, 0.05) is 25.6 Å². The molecule has 22 heavy (non-hydrogen) atoms. The zero-order chi connectivity index (χ0) is 15.9. The first kappa shape index (κ1) is 16.4. The molecule has 2 heterocycles. The first-order valence-corrected chi connectivity index (χ1v) is 7.90. The second-order valence-corrected chi connectivity index (χ2v) is 6.00. The van der Waals surface area contributed by atoms with Gasteiger partial charge in [0.2, 0.25) is 0 Å². The maximum Gasteiger partial charge on any atom is 0.318 e. The Hall–Kier alpha value is -1.93. The van der Waals surface area contributed by atoms with E-state index >= 15 is 0 Å². The molecule has 0 spiro atoms.